The van der Waals surface area contributed by atoms with E-state index in [1.807, 2.05) is 48.5 Å². The van der Waals surface area contributed by atoms with Crippen molar-refractivity contribution in [2.45, 2.75) is 95.4 Å². The zero-order valence-electron chi connectivity index (χ0n) is 27.5. The number of halogens is 3. The summed E-state index contributed by atoms with van der Waals surface area (Å²) in [5.41, 5.74) is 3.45. The largest absolute Gasteiger partial charge is 0.471 e. The van der Waals surface area contributed by atoms with E-state index in [2.05, 4.69) is 22.0 Å². The normalized spacial score (nSPS) is 28.6. The fourth-order valence-corrected chi connectivity index (χ4v) is 7.71. The molecule has 0 unspecified atom stereocenters. The van der Waals surface area contributed by atoms with Crippen molar-refractivity contribution in [3.8, 4) is 0 Å². The summed E-state index contributed by atoms with van der Waals surface area (Å²) in [4.78, 5) is 30.4. The van der Waals surface area contributed by atoms with E-state index < -0.39 is 30.3 Å². The Labute approximate surface area is 280 Å². The standard InChI is InChI=1S/C36H47F3N4O5/c1-24-31(22-42-18-4-6-29(42)21-41-16-2-3-17-41)47-34(48-32(24)27-12-10-26(23-44)11-13-27)28-14-8-25(9-15-28)20-40-33(45)30-7-5-19-43(30)35(46)36(37,38)39/h8-15,24,29-32,34,44H,2-7,16-23H2,1H3,(H,40,45)/t24-,29-,30-,31+,32+,34+/m0/s1. The van der Waals surface area contributed by atoms with Crippen molar-refractivity contribution in [3.63, 3.8) is 0 Å². The average molecular weight is 673 g/mol. The molecule has 262 valence electrons. The van der Waals surface area contributed by atoms with Crippen LogP contribution < -0.4 is 5.32 Å². The molecule has 0 aliphatic carbocycles. The number of likely N-dealkylation sites (tertiary alicyclic amines) is 3. The minimum Gasteiger partial charge on any atom is -0.392 e. The number of aliphatic hydroxyl groups excluding tert-OH is 1. The van der Waals surface area contributed by atoms with Crippen molar-refractivity contribution in [2.24, 2.45) is 5.92 Å². The number of benzene rings is 2. The molecule has 4 saturated heterocycles. The van der Waals surface area contributed by atoms with Gasteiger partial charge >= 0.3 is 12.1 Å². The number of amides is 2. The first-order valence-corrected chi connectivity index (χ1v) is 17.3. The minimum absolute atomic E-state index is 0.0273. The summed E-state index contributed by atoms with van der Waals surface area (Å²) in [6, 6.07) is 14.7. The average Bonchev–Trinajstić information content (AvgIpc) is 3.88. The third-order valence-corrected chi connectivity index (χ3v) is 10.5. The summed E-state index contributed by atoms with van der Waals surface area (Å²) >= 11 is 0. The van der Waals surface area contributed by atoms with Crippen LogP contribution in [0.25, 0.3) is 0 Å². The van der Waals surface area contributed by atoms with Crippen molar-refractivity contribution in [1.29, 1.82) is 0 Å². The van der Waals surface area contributed by atoms with Crippen molar-refractivity contribution < 1.29 is 37.3 Å². The van der Waals surface area contributed by atoms with Gasteiger partial charge in [0, 0.05) is 43.7 Å². The maximum Gasteiger partial charge on any atom is 0.471 e. The molecule has 0 spiro atoms. The van der Waals surface area contributed by atoms with Gasteiger partial charge in [-0.05, 0) is 74.8 Å². The van der Waals surface area contributed by atoms with E-state index in [1.165, 1.54) is 38.8 Å². The zero-order chi connectivity index (χ0) is 33.8. The highest BCUT2D eigenvalue weighted by molar-refractivity contribution is 5.90. The monoisotopic (exact) mass is 672 g/mol. The molecule has 48 heavy (non-hydrogen) atoms. The number of rotatable bonds is 10. The predicted molar refractivity (Wildman–Crippen MR) is 172 cm³/mol. The van der Waals surface area contributed by atoms with E-state index in [4.69, 9.17) is 9.47 Å². The molecule has 4 fully saturated rings. The molecule has 0 aromatic heterocycles. The SMILES string of the molecule is C[C@H]1[C@@H](CN2CCC[C@H]2CN2CCCC2)O[C@@H](c2ccc(CNC(=O)[C@@H]3CCCN3C(=O)C(F)(F)F)cc2)O[C@H]1c1ccc(CO)cc1. The summed E-state index contributed by atoms with van der Waals surface area (Å²) in [6.45, 7) is 7.50. The second-order valence-electron chi connectivity index (χ2n) is 13.7. The molecule has 0 bridgehead atoms. The van der Waals surface area contributed by atoms with Gasteiger partial charge in [0.1, 0.15) is 6.04 Å². The lowest BCUT2D eigenvalue weighted by Crippen LogP contribution is -2.50. The number of alkyl halides is 3. The molecule has 6 atom stereocenters. The first-order chi connectivity index (χ1) is 23.1. The van der Waals surface area contributed by atoms with Gasteiger partial charge in [-0.15, -0.1) is 0 Å². The number of aliphatic hydroxyl groups is 1. The topological polar surface area (TPSA) is 94.6 Å². The third kappa shape index (κ3) is 8.05. The molecular formula is C36H47F3N4O5. The highest BCUT2D eigenvalue weighted by Crippen LogP contribution is 2.42. The van der Waals surface area contributed by atoms with Crippen LogP contribution in [0.1, 0.15) is 80.1 Å². The quantitative estimate of drug-likeness (QED) is 0.378. The van der Waals surface area contributed by atoms with Crippen molar-refractivity contribution in [1.82, 2.24) is 20.0 Å². The smallest absolute Gasteiger partial charge is 0.392 e. The lowest BCUT2D eigenvalue weighted by Gasteiger charge is -2.43. The summed E-state index contributed by atoms with van der Waals surface area (Å²) in [6.07, 6.45) is -0.479. The highest BCUT2D eigenvalue weighted by Gasteiger charge is 2.47. The Morgan fingerprint density at radius 2 is 1.52 bits per heavy atom. The Morgan fingerprint density at radius 1 is 0.854 bits per heavy atom. The van der Waals surface area contributed by atoms with Crippen LogP contribution >= 0.6 is 0 Å². The lowest BCUT2D eigenvalue weighted by molar-refractivity contribution is -0.276. The molecule has 9 nitrogen and oxygen atoms in total. The first-order valence-electron chi connectivity index (χ1n) is 17.3. The number of hydrogen-bond acceptors (Lipinski definition) is 7. The van der Waals surface area contributed by atoms with Crippen LogP contribution in [0.2, 0.25) is 0 Å². The molecule has 4 aliphatic heterocycles. The van der Waals surface area contributed by atoms with Crippen LogP contribution in [0.4, 0.5) is 13.2 Å². The zero-order valence-corrected chi connectivity index (χ0v) is 27.5. The van der Waals surface area contributed by atoms with Crippen LogP contribution in [-0.4, -0.2) is 95.3 Å². The second-order valence-corrected chi connectivity index (χ2v) is 13.7. The Kier molecular flexibility index (Phi) is 11.1. The molecule has 2 aromatic rings. The van der Waals surface area contributed by atoms with Gasteiger partial charge in [-0.25, -0.2) is 0 Å². The summed E-state index contributed by atoms with van der Waals surface area (Å²) in [5, 5.41) is 12.3. The fourth-order valence-electron chi connectivity index (χ4n) is 7.71. The Morgan fingerprint density at radius 3 is 2.21 bits per heavy atom. The van der Waals surface area contributed by atoms with Crippen LogP contribution in [-0.2, 0) is 32.2 Å². The molecule has 4 heterocycles. The number of carbonyl (C=O) groups excluding carboxylic acids is 2. The molecule has 2 N–H and O–H groups in total. The van der Waals surface area contributed by atoms with Gasteiger partial charge in [-0.3, -0.25) is 14.5 Å². The lowest BCUT2D eigenvalue weighted by atomic mass is 9.90. The molecule has 4 aliphatic rings. The minimum atomic E-state index is -5.01. The number of hydrogen-bond donors (Lipinski definition) is 2. The predicted octanol–water partition coefficient (Wildman–Crippen LogP) is 4.70. The molecule has 0 radical (unpaired) electrons. The van der Waals surface area contributed by atoms with Gasteiger partial charge in [0.15, 0.2) is 6.29 Å². The summed E-state index contributed by atoms with van der Waals surface area (Å²) in [5.74, 6) is -2.49. The number of carbonyl (C=O) groups is 2. The summed E-state index contributed by atoms with van der Waals surface area (Å²) in [7, 11) is 0. The van der Waals surface area contributed by atoms with E-state index in [9.17, 15) is 27.9 Å². The van der Waals surface area contributed by atoms with E-state index >= 15 is 0 Å². The van der Waals surface area contributed by atoms with Crippen molar-refractivity contribution in [3.05, 3.63) is 70.8 Å². The molecular weight excluding hydrogens is 625 g/mol. The molecule has 6 rings (SSSR count). The number of nitrogens with one attached hydrogen (secondary N) is 1. The maximum atomic E-state index is 13.0. The van der Waals surface area contributed by atoms with E-state index in [0.717, 1.165) is 41.9 Å². The molecule has 0 saturated carbocycles. The van der Waals surface area contributed by atoms with Crippen LogP contribution in [0.5, 0.6) is 0 Å². The van der Waals surface area contributed by atoms with Gasteiger partial charge in [0.2, 0.25) is 5.91 Å². The van der Waals surface area contributed by atoms with Gasteiger partial charge in [-0.2, -0.15) is 13.2 Å². The van der Waals surface area contributed by atoms with E-state index in [1.54, 1.807) is 0 Å². The van der Waals surface area contributed by atoms with Crippen molar-refractivity contribution in [2.75, 3.05) is 39.3 Å². The van der Waals surface area contributed by atoms with Crippen molar-refractivity contribution >= 4 is 11.8 Å². The first kappa shape index (κ1) is 34.8. The molecule has 2 amide bonds. The molecule has 2 aromatic carbocycles. The van der Waals surface area contributed by atoms with Crippen LogP contribution in [0.3, 0.4) is 0 Å². The van der Waals surface area contributed by atoms with Crippen LogP contribution in [0, 0.1) is 5.92 Å². The number of nitrogens with zero attached hydrogens (tertiary/aromatic N) is 3. The number of ether oxygens (including phenoxy) is 2. The molecule has 12 heteroatoms. The fraction of sp³-hybridized carbons (Fsp3) is 0.611. The highest BCUT2D eigenvalue weighted by atomic mass is 19.4. The Bertz CT molecular complexity index is 1390. The van der Waals surface area contributed by atoms with Gasteiger partial charge < -0.3 is 29.7 Å². The third-order valence-electron chi connectivity index (χ3n) is 10.5. The second kappa shape index (κ2) is 15.2. The Hall–Kier alpha value is -3.03. The van der Waals surface area contributed by atoms with Gasteiger partial charge in [0.05, 0.1) is 18.8 Å². The van der Waals surface area contributed by atoms with Gasteiger partial charge in [0.25, 0.3) is 0 Å². The van der Waals surface area contributed by atoms with E-state index in [0.29, 0.717) is 17.4 Å². The maximum absolute atomic E-state index is 13.0. The van der Waals surface area contributed by atoms with Crippen LogP contribution in [0.15, 0.2) is 48.5 Å². The van der Waals surface area contributed by atoms with E-state index in [-0.39, 0.29) is 44.2 Å². The summed E-state index contributed by atoms with van der Waals surface area (Å²) < 4.78 is 52.4. The Balaban J connectivity index is 1.13. The van der Waals surface area contributed by atoms with Gasteiger partial charge in [-0.1, -0.05) is 55.5 Å².